The summed E-state index contributed by atoms with van der Waals surface area (Å²) >= 11 is 1.47. The number of nitrogens with one attached hydrogen (secondary N) is 1. The summed E-state index contributed by atoms with van der Waals surface area (Å²) in [5.41, 5.74) is 3.30. The smallest absolute Gasteiger partial charge is 0.240 e. The van der Waals surface area contributed by atoms with Gasteiger partial charge >= 0.3 is 0 Å². The molecule has 1 aliphatic heterocycles. The number of hydrogen-bond donors (Lipinski definition) is 1. The minimum atomic E-state index is 0.00507. The Hall–Kier alpha value is -2.54. The van der Waals surface area contributed by atoms with E-state index in [-0.39, 0.29) is 5.91 Å². The minimum absolute atomic E-state index is 0.00507. The summed E-state index contributed by atoms with van der Waals surface area (Å²) in [5.74, 6) is 0.00507. The van der Waals surface area contributed by atoms with Crippen molar-refractivity contribution in [3.63, 3.8) is 0 Å². The SMILES string of the molecule is O=C(CN1CCN(Cc2ccccc2)CC1)Nc1nc(-c2ccccc2)cs1. The van der Waals surface area contributed by atoms with Crippen molar-refractivity contribution in [1.29, 1.82) is 0 Å². The van der Waals surface area contributed by atoms with E-state index >= 15 is 0 Å². The number of rotatable bonds is 6. The Balaban J connectivity index is 1.23. The molecule has 0 bridgehead atoms. The van der Waals surface area contributed by atoms with Crippen LogP contribution in [0.1, 0.15) is 5.56 Å². The number of aromatic nitrogens is 1. The van der Waals surface area contributed by atoms with Crippen molar-refractivity contribution < 1.29 is 4.79 Å². The molecule has 6 heteroatoms. The highest BCUT2D eigenvalue weighted by atomic mass is 32.1. The highest BCUT2D eigenvalue weighted by molar-refractivity contribution is 7.14. The van der Waals surface area contributed by atoms with Crippen LogP contribution in [0.5, 0.6) is 0 Å². The maximum absolute atomic E-state index is 12.4. The minimum Gasteiger partial charge on any atom is -0.301 e. The van der Waals surface area contributed by atoms with Crippen LogP contribution in [0, 0.1) is 0 Å². The van der Waals surface area contributed by atoms with E-state index in [4.69, 9.17) is 0 Å². The predicted molar refractivity (Wildman–Crippen MR) is 114 cm³/mol. The molecule has 1 aliphatic rings. The average Bonchev–Trinajstić information content (AvgIpc) is 3.19. The number of thiazole rings is 1. The molecule has 0 aliphatic carbocycles. The molecule has 2 aromatic carbocycles. The van der Waals surface area contributed by atoms with Crippen LogP contribution in [-0.2, 0) is 11.3 Å². The van der Waals surface area contributed by atoms with Crippen LogP contribution in [0.4, 0.5) is 5.13 Å². The standard InChI is InChI=1S/C22H24N4OS/c27-21(24-22-23-20(17-28-22)19-9-5-2-6-10-19)16-26-13-11-25(12-14-26)15-18-7-3-1-4-8-18/h1-10,17H,11-16H2,(H,23,24,27). The lowest BCUT2D eigenvalue weighted by atomic mass is 10.2. The lowest BCUT2D eigenvalue weighted by molar-refractivity contribution is -0.117. The third-order valence-corrected chi connectivity index (χ3v) is 5.66. The van der Waals surface area contributed by atoms with Crippen LogP contribution in [0.3, 0.4) is 0 Å². The monoisotopic (exact) mass is 392 g/mol. The molecule has 28 heavy (non-hydrogen) atoms. The number of piperazine rings is 1. The van der Waals surface area contributed by atoms with Crippen LogP contribution < -0.4 is 5.32 Å². The quantitative estimate of drug-likeness (QED) is 0.697. The Morgan fingerprint density at radius 2 is 1.57 bits per heavy atom. The van der Waals surface area contributed by atoms with Crippen LogP contribution in [0.2, 0.25) is 0 Å². The summed E-state index contributed by atoms with van der Waals surface area (Å²) in [6.45, 7) is 5.18. The fourth-order valence-corrected chi connectivity index (χ4v) is 4.12. The second-order valence-electron chi connectivity index (χ2n) is 6.99. The Kier molecular flexibility index (Phi) is 6.11. The van der Waals surface area contributed by atoms with Gasteiger partial charge in [-0.15, -0.1) is 11.3 Å². The van der Waals surface area contributed by atoms with E-state index in [1.807, 2.05) is 41.8 Å². The Morgan fingerprint density at radius 1 is 0.929 bits per heavy atom. The van der Waals surface area contributed by atoms with Gasteiger partial charge in [-0.1, -0.05) is 60.7 Å². The summed E-state index contributed by atoms with van der Waals surface area (Å²) < 4.78 is 0. The molecule has 144 valence electrons. The average molecular weight is 393 g/mol. The largest absolute Gasteiger partial charge is 0.301 e. The first-order valence-electron chi connectivity index (χ1n) is 9.56. The Labute approximate surface area is 169 Å². The maximum Gasteiger partial charge on any atom is 0.240 e. The van der Waals surface area contributed by atoms with Gasteiger partial charge in [-0.2, -0.15) is 0 Å². The van der Waals surface area contributed by atoms with Crippen LogP contribution in [-0.4, -0.2) is 53.4 Å². The van der Waals surface area contributed by atoms with Crippen LogP contribution in [0.25, 0.3) is 11.3 Å². The summed E-state index contributed by atoms with van der Waals surface area (Å²) in [7, 11) is 0. The molecule has 1 N–H and O–H groups in total. The predicted octanol–water partition coefficient (Wildman–Crippen LogP) is 3.57. The van der Waals surface area contributed by atoms with E-state index in [9.17, 15) is 4.79 Å². The highest BCUT2D eigenvalue weighted by Crippen LogP contribution is 2.24. The molecule has 4 rings (SSSR count). The first-order chi connectivity index (χ1) is 13.8. The van der Waals surface area contributed by atoms with Gasteiger partial charge in [-0.25, -0.2) is 4.98 Å². The Morgan fingerprint density at radius 3 is 2.29 bits per heavy atom. The van der Waals surface area contributed by atoms with E-state index in [0.29, 0.717) is 11.7 Å². The first kappa shape index (κ1) is 18.8. The van der Waals surface area contributed by atoms with Crippen molar-refractivity contribution >= 4 is 22.4 Å². The molecular weight excluding hydrogens is 368 g/mol. The Bertz CT molecular complexity index is 889. The van der Waals surface area contributed by atoms with Gasteiger partial charge < -0.3 is 5.32 Å². The summed E-state index contributed by atoms with van der Waals surface area (Å²) in [6, 6.07) is 20.5. The topological polar surface area (TPSA) is 48.5 Å². The number of nitrogens with zero attached hydrogens (tertiary/aromatic N) is 3. The summed E-state index contributed by atoms with van der Waals surface area (Å²) in [5, 5.41) is 5.58. The lowest BCUT2D eigenvalue weighted by Gasteiger charge is -2.34. The van der Waals surface area contributed by atoms with Crippen molar-refractivity contribution in [3.8, 4) is 11.3 Å². The fraction of sp³-hybridized carbons (Fsp3) is 0.273. The fourth-order valence-electron chi connectivity index (χ4n) is 3.38. The molecule has 5 nitrogen and oxygen atoms in total. The van der Waals surface area contributed by atoms with Gasteiger partial charge in [0, 0.05) is 43.7 Å². The van der Waals surface area contributed by atoms with Gasteiger partial charge in [0.25, 0.3) is 0 Å². The molecule has 2 heterocycles. The highest BCUT2D eigenvalue weighted by Gasteiger charge is 2.19. The lowest BCUT2D eigenvalue weighted by Crippen LogP contribution is -2.48. The van der Waals surface area contributed by atoms with Gasteiger partial charge in [-0.3, -0.25) is 14.6 Å². The zero-order chi connectivity index (χ0) is 19.2. The molecule has 0 atom stereocenters. The number of amides is 1. The van der Waals surface area contributed by atoms with E-state index < -0.39 is 0 Å². The van der Waals surface area contributed by atoms with Crippen molar-refractivity contribution in [2.75, 3.05) is 38.0 Å². The van der Waals surface area contributed by atoms with Crippen molar-refractivity contribution in [2.24, 2.45) is 0 Å². The molecule has 0 unspecified atom stereocenters. The number of carbonyl (C=O) groups is 1. The second kappa shape index (κ2) is 9.10. The van der Waals surface area contributed by atoms with E-state index in [2.05, 4.69) is 44.4 Å². The van der Waals surface area contributed by atoms with Crippen LogP contribution >= 0.6 is 11.3 Å². The molecule has 1 fully saturated rings. The number of hydrogen-bond acceptors (Lipinski definition) is 5. The maximum atomic E-state index is 12.4. The molecule has 0 saturated carbocycles. The van der Waals surface area contributed by atoms with Crippen LogP contribution in [0.15, 0.2) is 66.0 Å². The molecule has 0 radical (unpaired) electrons. The third-order valence-electron chi connectivity index (χ3n) is 4.90. The second-order valence-corrected chi connectivity index (χ2v) is 7.85. The number of benzene rings is 2. The summed E-state index contributed by atoms with van der Waals surface area (Å²) in [4.78, 5) is 21.6. The van der Waals surface area contributed by atoms with Gasteiger partial charge in [0.15, 0.2) is 5.13 Å². The normalized spacial score (nSPS) is 15.4. The zero-order valence-corrected chi connectivity index (χ0v) is 16.6. The number of carbonyl (C=O) groups excluding carboxylic acids is 1. The van der Waals surface area contributed by atoms with Crippen molar-refractivity contribution in [2.45, 2.75) is 6.54 Å². The summed E-state index contributed by atoms with van der Waals surface area (Å²) in [6.07, 6.45) is 0. The van der Waals surface area contributed by atoms with E-state index in [1.54, 1.807) is 0 Å². The molecule has 1 amide bonds. The first-order valence-corrected chi connectivity index (χ1v) is 10.4. The van der Waals surface area contributed by atoms with Gasteiger partial charge in [0.1, 0.15) is 0 Å². The van der Waals surface area contributed by atoms with Gasteiger partial charge in [-0.05, 0) is 5.56 Å². The van der Waals surface area contributed by atoms with Gasteiger partial charge in [0.05, 0.1) is 12.2 Å². The van der Waals surface area contributed by atoms with E-state index in [0.717, 1.165) is 44.0 Å². The van der Waals surface area contributed by atoms with Gasteiger partial charge in [0.2, 0.25) is 5.91 Å². The number of anilines is 1. The molecular formula is C22H24N4OS. The third kappa shape index (κ3) is 5.04. The van der Waals surface area contributed by atoms with Crippen molar-refractivity contribution in [1.82, 2.24) is 14.8 Å². The van der Waals surface area contributed by atoms with Crippen molar-refractivity contribution in [3.05, 3.63) is 71.6 Å². The molecule has 3 aromatic rings. The molecule has 0 spiro atoms. The molecule has 1 saturated heterocycles. The zero-order valence-electron chi connectivity index (χ0n) is 15.8. The molecule has 1 aromatic heterocycles. The van der Waals surface area contributed by atoms with E-state index in [1.165, 1.54) is 16.9 Å².